The summed E-state index contributed by atoms with van der Waals surface area (Å²) < 4.78 is 0. The molecule has 0 aliphatic heterocycles. The minimum absolute atomic E-state index is 1.06. The van der Waals surface area contributed by atoms with E-state index >= 15 is 0 Å². The maximum atomic E-state index is 2.58. The molecule has 0 N–H and O–H groups in total. The Morgan fingerprint density at radius 3 is 1.32 bits per heavy atom. The van der Waals surface area contributed by atoms with E-state index in [9.17, 15) is 0 Å². The van der Waals surface area contributed by atoms with Crippen LogP contribution in [0.3, 0.4) is 0 Å². The van der Waals surface area contributed by atoms with Crippen LogP contribution in [0.15, 0.2) is 97.1 Å². The van der Waals surface area contributed by atoms with Crippen LogP contribution in [0.4, 0.5) is 0 Å². The predicted octanol–water partition coefficient (Wildman–Crippen LogP) is 8.93. The first-order valence-electron chi connectivity index (χ1n) is 13.6. The summed E-state index contributed by atoms with van der Waals surface area (Å²) in [6.45, 7) is 9.81. The van der Waals surface area contributed by atoms with Crippen molar-refractivity contribution in [2.75, 3.05) is 0 Å². The van der Waals surface area contributed by atoms with Crippen molar-refractivity contribution in [2.24, 2.45) is 0 Å². The molecular weight excluding hydrogens is 460 g/mol. The molecule has 0 spiro atoms. The third kappa shape index (κ3) is 4.18. The van der Waals surface area contributed by atoms with E-state index in [1.54, 1.807) is 11.1 Å². The van der Waals surface area contributed by atoms with Crippen molar-refractivity contribution in [3.63, 3.8) is 0 Å². The highest BCUT2D eigenvalue weighted by atomic mass is 28.3. The molecule has 10 radical (unpaired) electrons. The topological polar surface area (TPSA) is 0 Å². The molecular formula is C36H34Si. The number of rotatable bonds is 6. The van der Waals surface area contributed by atoms with Gasteiger partial charge in [-0.25, -0.2) is 0 Å². The van der Waals surface area contributed by atoms with Crippen molar-refractivity contribution in [3.8, 4) is 0 Å². The minimum atomic E-state index is -2.06. The van der Waals surface area contributed by atoms with E-state index in [1.807, 2.05) is 0 Å². The van der Waals surface area contributed by atoms with Crippen LogP contribution >= 0.6 is 0 Å². The molecule has 0 bridgehead atoms. The molecule has 0 heterocycles. The number of hydrogen-bond acceptors (Lipinski definition) is 0. The summed E-state index contributed by atoms with van der Waals surface area (Å²) in [7, 11) is -2.06. The van der Waals surface area contributed by atoms with Crippen LogP contribution in [0, 0.1) is 59.4 Å². The van der Waals surface area contributed by atoms with Gasteiger partial charge in [-0.3, -0.25) is 0 Å². The van der Waals surface area contributed by atoms with Gasteiger partial charge in [-0.2, -0.15) is 0 Å². The van der Waals surface area contributed by atoms with Gasteiger partial charge in [0.15, 0.2) is 0 Å². The minimum Gasteiger partial charge on any atom is -0.0761 e. The Balaban J connectivity index is 1.34. The van der Waals surface area contributed by atoms with E-state index in [-0.39, 0.29) is 0 Å². The Morgan fingerprint density at radius 1 is 0.541 bits per heavy atom. The van der Waals surface area contributed by atoms with Crippen molar-refractivity contribution < 1.29 is 0 Å². The fourth-order valence-corrected chi connectivity index (χ4v) is 10.8. The van der Waals surface area contributed by atoms with Crippen LogP contribution in [-0.4, -0.2) is 8.07 Å². The Morgan fingerprint density at radius 2 is 0.946 bits per heavy atom. The number of allylic oxidation sites excluding steroid dienone is 8. The monoisotopic (exact) mass is 494 g/mol. The van der Waals surface area contributed by atoms with E-state index in [0.717, 1.165) is 12.8 Å². The van der Waals surface area contributed by atoms with Crippen LogP contribution in [0.5, 0.6) is 0 Å². The van der Waals surface area contributed by atoms with Gasteiger partial charge in [0.1, 0.15) is 0 Å². The maximum absolute atomic E-state index is 2.58. The van der Waals surface area contributed by atoms with E-state index < -0.39 is 8.07 Å². The van der Waals surface area contributed by atoms with Gasteiger partial charge in [-0.05, 0) is 70.9 Å². The van der Waals surface area contributed by atoms with Gasteiger partial charge < -0.3 is 0 Å². The van der Waals surface area contributed by atoms with Crippen LogP contribution < -0.4 is 0 Å². The maximum Gasteiger partial charge on any atom is 0.0642 e. The number of benzene rings is 2. The lowest BCUT2D eigenvalue weighted by Gasteiger charge is -2.45. The molecule has 0 aromatic heterocycles. The molecule has 1 heteroatoms. The first-order valence-corrected chi connectivity index (χ1v) is 16.6. The molecule has 2 aromatic carbocycles. The molecule has 2 saturated carbocycles. The summed E-state index contributed by atoms with van der Waals surface area (Å²) in [5.74, 6) is 8.74. The SMILES string of the molecule is CC[C]1[CH][C]2[C](C=CC=C2c2ccccc2)[C]1[Si](C)(C)[C]1[C](CC)[CH][C]2[C]1C=CC=C2c1ccccc1. The third-order valence-electron chi connectivity index (χ3n) is 8.21. The van der Waals surface area contributed by atoms with Gasteiger partial charge in [0.05, 0.1) is 8.07 Å². The molecule has 0 saturated heterocycles. The standard InChI is InChI=1S/C36H34Si/c1-5-25-23-33-29(27-15-9-7-10-16-27)19-13-21-31(33)35(25)37(3,4)36-26(6-2)24-34-30(20-14-22-32(34)36)28-17-11-8-12-18-28/h7-24H,5-6H2,1-4H3. The van der Waals surface area contributed by atoms with Crippen molar-refractivity contribution in [1.82, 2.24) is 0 Å². The molecule has 37 heavy (non-hydrogen) atoms. The lowest BCUT2D eigenvalue weighted by molar-refractivity contribution is 0.933. The summed E-state index contributed by atoms with van der Waals surface area (Å²) in [6, 6.07) is 21.7. The molecule has 0 atom stereocenters. The van der Waals surface area contributed by atoms with Gasteiger partial charge in [-0.15, -0.1) is 0 Å². The fraction of sp³-hybridized carbons (Fsp3) is 0.167. The quantitative estimate of drug-likeness (QED) is 0.352. The summed E-state index contributed by atoms with van der Waals surface area (Å²) >= 11 is 0. The number of fused-ring (bicyclic) bond motifs is 2. The highest BCUT2D eigenvalue weighted by molar-refractivity contribution is 6.90. The Bertz CT molecular complexity index is 1120. The van der Waals surface area contributed by atoms with Gasteiger partial charge >= 0.3 is 0 Å². The molecule has 6 rings (SSSR count). The average Bonchev–Trinajstić information content (AvgIpc) is 3.53. The first-order chi connectivity index (χ1) is 18.0. The van der Waals surface area contributed by atoms with E-state index in [4.69, 9.17) is 0 Å². The van der Waals surface area contributed by atoms with Crippen LogP contribution in [0.2, 0.25) is 13.1 Å². The zero-order valence-electron chi connectivity index (χ0n) is 22.3. The second kappa shape index (κ2) is 10.1. The first kappa shape index (κ1) is 24.9. The lowest BCUT2D eigenvalue weighted by Crippen LogP contribution is -2.48. The zero-order valence-corrected chi connectivity index (χ0v) is 23.3. The Hall–Kier alpha value is -2.38. The van der Waals surface area contributed by atoms with E-state index in [0.29, 0.717) is 0 Å². The molecule has 4 aliphatic rings. The lowest BCUT2D eigenvalue weighted by atomic mass is 9.81. The van der Waals surface area contributed by atoms with Crippen LogP contribution in [0.25, 0.3) is 11.1 Å². The zero-order chi connectivity index (χ0) is 25.6. The van der Waals surface area contributed by atoms with Crippen molar-refractivity contribution >= 4 is 19.2 Å². The second-order valence-electron chi connectivity index (χ2n) is 10.7. The normalized spacial score (nSPS) is 22.9. The van der Waals surface area contributed by atoms with E-state index in [1.165, 1.54) is 57.8 Å². The Labute approximate surface area is 226 Å². The van der Waals surface area contributed by atoms with Gasteiger partial charge in [-0.1, -0.05) is 124 Å². The summed E-state index contributed by atoms with van der Waals surface area (Å²) in [5, 5.41) is 0. The fourth-order valence-electron chi connectivity index (χ4n) is 6.61. The van der Waals surface area contributed by atoms with Crippen molar-refractivity contribution in [3.05, 3.63) is 168 Å². The largest absolute Gasteiger partial charge is 0.0761 e. The van der Waals surface area contributed by atoms with Gasteiger partial charge in [0, 0.05) is 23.7 Å². The predicted molar refractivity (Wildman–Crippen MR) is 160 cm³/mol. The molecule has 0 unspecified atom stereocenters. The number of hydrogen-bond donors (Lipinski definition) is 0. The molecule has 2 fully saturated rings. The van der Waals surface area contributed by atoms with Crippen molar-refractivity contribution in [2.45, 2.75) is 39.8 Å². The smallest absolute Gasteiger partial charge is 0.0642 e. The van der Waals surface area contributed by atoms with Crippen LogP contribution in [0.1, 0.15) is 37.8 Å². The van der Waals surface area contributed by atoms with Crippen molar-refractivity contribution in [1.29, 1.82) is 0 Å². The highest BCUT2D eigenvalue weighted by Gasteiger charge is 2.60. The summed E-state index contributed by atoms with van der Waals surface area (Å²) in [4.78, 5) is 0. The second-order valence-corrected chi connectivity index (χ2v) is 14.9. The summed E-state index contributed by atoms with van der Waals surface area (Å²) in [6.07, 6.45) is 20.9. The van der Waals surface area contributed by atoms with Gasteiger partial charge in [0.25, 0.3) is 0 Å². The molecule has 4 aliphatic carbocycles. The molecule has 2 aromatic rings. The Kier molecular flexibility index (Phi) is 6.78. The van der Waals surface area contributed by atoms with E-state index in [2.05, 4.69) is 137 Å². The third-order valence-corrected chi connectivity index (χ3v) is 11.9. The van der Waals surface area contributed by atoms with Gasteiger partial charge in [0.2, 0.25) is 0 Å². The molecule has 0 nitrogen and oxygen atoms in total. The molecule has 0 amide bonds. The average molecular weight is 495 g/mol. The van der Waals surface area contributed by atoms with Crippen LogP contribution in [-0.2, 0) is 0 Å². The molecule has 182 valence electrons. The highest BCUT2D eigenvalue weighted by Crippen LogP contribution is 2.65. The summed E-state index contributed by atoms with van der Waals surface area (Å²) in [5.41, 5.74) is 8.53.